The van der Waals surface area contributed by atoms with Gasteiger partial charge in [-0.05, 0) is 37.3 Å². The van der Waals surface area contributed by atoms with Gasteiger partial charge in [0.25, 0.3) is 0 Å². The molecule has 0 nitrogen and oxygen atoms in total. The summed E-state index contributed by atoms with van der Waals surface area (Å²) in [5.74, 6) is 0. The summed E-state index contributed by atoms with van der Waals surface area (Å²) in [4.78, 5) is 0. The molecule has 0 aliphatic carbocycles. The van der Waals surface area contributed by atoms with E-state index in [2.05, 4.69) is 39.0 Å². The maximum Gasteiger partial charge on any atom is -0.0276 e. The van der Waals surface area contributed by atoms with E-state index >= 15 is 0 Å². The van der Waals surface area contributed by atoms with Crippen LogP contribution in [0.3, 0.4) is 0 Å². The third kappa shape index (κ3) is 3.53. The van der Waals surface area contributed by atoms with E-state index in [1.54, 1.807) is 5.56 Å². The lowest BCUT2D eigenvalue weighted by Crippen LogP contribution is -1.93. The van der Waals surface area contributed by atoms with Crippen molar-refractivity contribution in [2.75, 3.05) is 0 Å². The fourth-order valence-electron chi connectivity index (χ4n) is 1.69. The van der Waals surface area contributed by atoms with Crippen LogP contribution in [0.25, 0.3) is 0 Å². The highest BCUT2D eigenvalue weighted by Gasteiger charge is 1.99. The van der Waals surface area contributed by atoms with Crippen LogP contribution in [0, 0.1) is 6.92 Å². The molecule has 80 valence electrons. The predicted octanol–water partition coefficient (Wildman–Crippen LogP) is 4.54. The highest BCUT2D eigenvalue weighted by Crippen LogP contribution is 2.14. The molecule has 1 aromatic rings. The summed E-state index contributed by atoms with van der Waals surface area (Å²) in [7, 11) is 0. The van der Waals surface area contributed by atoms with Crippen molar-refractivity contribution in [2.24, 2.45) is 0 Å². The van der Waals surface area contributed by atoms with Crippen LogP contribution in [-0.4, -0.2) is 0 Å². The molecule has 0 unspecified atom stereocenters. The van der Waals surface area contributed by atoms with Crippen LogP contribution in [0.15, 0.2) is 18.2 Å². The first-order valence-electron chi connectivity index (χ1n) is 5.36. The largest absolute Gasteiger partial charge is 0.0776 e. The Morgan fingerprint density at radius 3 is 2.36 bits per heavy atom. The molecular formula is C14H24. The summed E-state index contributed by atoms with van der Waals surface area (Å²) in [6.07, 6.45) is 5.02. The van der Waals surface area contributed by atoms with Crippen LogP contribution < -0.4 is 0 Å². The van der Waals surface area contributed by atoms with Crippen molar-refractivity contribution in [3.8, 4) is 0 Å². The fraction of sp³-hybridized carbons (Fsp3) is 0.571. The highest BCUT2D eigenvalue weighted by molar-refractivity contribution is 5.31. The lowest BCUT2D eigenvalue weighted by Gasteiger charge is -2.07. The molecule has 0 fully saturated rings. The normalized spacial score (nSPS) is 9.64. The zero-order valence-corrected chi connectivity index (χ0v) is 9.06. The van der Waals surface area contributed by atoms with E-state index < -0.39 is 0 Å². The molecule has 1 aromatic carbocycles. The van der Waals surface area contributed by atoms with Crippen molar-refractivity contribution in [2.45, 2.75) is 53.9 Å². The zero-order chi connectivity index (χ0) is 9.68. The SMILES string of the molecule is C.CCCCc1ccc(C)cc1CC. The smallest absolute Gasteiger partial charge is 0.0276 e. The molecule has 14 heavy (non-hydrogen) atoms. The van der Waals surface area contributed by atoms with E-state index in [0.29, 0.717) is 0 Å². The van der Waals surface area contributed by atoms with Gasteiger partial charge in [0.2, 0.25) is 0 Å². The second-order valence-corrected chi connectivity index (χ2v) is 3.73. The molecule has 0 aliphatic heterocycles. The second kappa shape index (κ2) is 6.64. The third-order valence-electron chi connectivity index (χ3n) is 2.54. The first-order valence-corrected chi connectivity index (χ1v) is 5.36. The first-order chi connectivity index (χ1) is 6.27. The molecule has 1 rings (SSSR count). The van der Waals surface area contributed by atoms with Gasteiger partial charge in [-0.25, -0.2) is 0 Å². The number of rotatable bonds is 4. The Labute approximate surface area is 89.4 Å². The molecule has 0 heteroatoms. The van der Waals surface area contributed by atoms with Crippen molar-refractivity contribution in [1.82, 2.24) is 0 Å². The van der Waals surface area contributed by atoms with Gasteiger partial charge in [-0.15, -0.1) is 0 Å². The monoisotopic (exact) mass is 192 g/mol. The Hall–Kier alpha value is -0.780. The molecule has 0 radical (unpaired) electrons. The Bertz CT molecular complexity index is 261. The van der Waals surface area contributed by atoms with E-state index in [9.17, 15) is 0 Å². The van der Waals surface area contributed by atoms with Gasteiger partial charge in [-0.1, -0.05) is 51.5 Å². The molecule has 0 bridgehead atoms. The number of hydrogen-bond donors (Lipinski definition) is 0. The van der Waals surface area contributed by atoms with Crippen molar-refractivity contribution < 1.29 is 0 Å². The van der Waals surface area contributed by atoms with E-state index in [1.165, 1.54) is 36.8 Å². The average molecular weight is 192 g/mol. The fourth-order valence-corrected chi connectivity index (χ4v) is 1.69. The zero-order valence-electron chi connectivity index (χ0n) is 9.06. The number of unbranched alkanes of at least 4 members (excludes halogenated alkanes) is 1. The third-order valence-corrected chi connectivity index (χ3v) is 2.54. The van der Waals surface area contributed by atoms with Crippen LogP contribution in [0.2, 0.25) is 0 Å². The molecule has 0 saturated carbocycles. The van der Waals surface area contributed by atoms with Crippen LogP contribution in [0.4, 0.5) is 0 Å². The summed E-state index contributed by atoms with van der Waals surface area (Å²) in [5, 5.41) is 0. The maximum absolute atomic E-state index is 2.32. The summed E-state index contributed by atoms with van der Waals surface area (Å²) in [6, 6.07) is 6.85. The van der Waals surface area contributed by atoms with Crippen LogP contribution in [-0.2, 0) is 12.8 Å². The lowest BCUT2D eigenvalue weighted by molar-refractivity contribution is 0.787. The minimum absolute atomic E-state index is 0. The van der Waals surface area contributed by atoms with Gasteiger partial charge in [0, 0.05) is 0 Å². The number of aryl methyl sites for hydroxylation is 3. The molecule has 0 N–H and O–H groups in total. The molecule has 0 heterocycles. The number of benzene rings is 1. The predicted molar refractivity (Wildman–Crippen MR) is 65.9 cm³/mol. The van der Waals surface area contributed by atoms with Crippen LogP contribution in [0.1, 0.15) is 50.8 Å². The van der Waals surface area contributed by atoms with Crippen LogP contribution >= 0.6 is 0 Å². The van der Waals surface area contributed by atoms with Crippen molar-refractivity contribution in [3.63, 3.8) is 0 Å². The lowest BCUT2D eigenvalue weighted by atomic mass is 9.98. The van der Waals surface area contributed by atoms with Gasteiger partial charge < -0.3 is 0 Å². The number of hydrogen-bond acceptors (Lipinski definition) is 0. The van der Waals surface area contributed by atoms with E-state index in [1.807, 2.05) is 0 Å². The molecular weight excluding hydrogens is 168 g/mol. The minimum Gasteiger partial charge on any atom is -0.0776 e. The van der Waals surface area contributed by atoms with Gasteiger partial charge in [0.15, 0.2) is 0 Å². The average Bonchev–Trinajstić information content (AvgIpc) is 2.16. The topological polar surface area (TPSA) is 0 Å². The summed E-state index contributed by atoms with van der Waals surface area (Å²) >= 11 is 0. The molecule has 0 spiro atoms. The molecule has 0 saturated heterocycles. The molecule has 0 amide bonds. The maximum atomic E-state index is 2.32. The van der Waals surface area contributed by atoms with Gasteiger partial charge in [0.05, 0.1) is 0 Å². The minimum atomic E-state index is 0. The van der Waals surface area contributed by atoms with Gasteiger partial charge in [-0.3, -0.25) is 0 Å². The molecule has 0 aliphatic rings. The van der Waals surface area contributed by atoms with Crippen molar-refractivity contribution >= 4 is 0 Å². The van der Waals surface area contributed by atoms with Crippen LogP contribution in [0.5, 0.6) is 0 Å². The van der Waals surface area contributed by atoms with Crippen molar-refractivity contribution in [1.29, 1.82) is 0 Å². The van der Waals surface area contributed by atoms with Gasteiger partial charge in [-0.2, -0.15) is 0 Å². The first kappa shape index (κ1) is 13.2. The van der Waals surface area contributed by atoms with E-state index in [0.717, 1.165) is 0 Å². The highest BCUT2D eigenvalue weighted by atomic mass is 14.0. The van der Waals surface area contributed by atoms with E-state index in [-0.39, 0.29) is 7.43 Å². The Kier molecular flexibility index (Phi) is 6.27. The Balaban J connectivity index is 0.00000169. The molecule has 0 atom stereocenters. The Morgan fingerprint density at radius 2 is 1.79 bits per heavy atom. The van der Waals surface area contributed by atoms with Gasteiger partial charge in [0.1, 0.15) is 0 Å². The van der Waals surface area contributed by atoms with Gasteiger partial charge >= 0.3 is 0 Å². The summed E-state index contributed by atoms with van der Waals surface area (Å²) in [5.41, 5.74) is 4.47. The van der Waals surface area contributed by atoms with E-state index in [4.69, 9.17) is 0 Å². The second-order valence-electron chi connectivity index (χ2n) is 3.73. The molecule has 0 aromatic heterocycles. The Morgan fingerprint density at radius 1 is 1.07 bits per heavy atom. The summed E-state index contributed by atoms with van der Waals surface area (Å²) < 4.78 is 0. The standard InChI is InChI=1S/C13H20.CH4/c1-4-6-7-13-9-8-11(3)10-12(13)5-2;/h8-10H,4-7H2,1-3H3;1H4. The summed E-state index contributed by atoms with van der Waals surface area (Å²) in [6.45, 7) is 6.66. The van der Waals surface area contributed by atoms with Crippen molar-refractivity contribution in [3.05, 3.63) is 34.9 Å². The quantitative estimate of drug-likeness (QED) is 0.657.